The fraction of sp³-hybridized carbons (Fsp3) is 0.400. The third-order valence-electron chi connectivity index (χ3n) is 4.14. The Balaban J connectivity index is 1.87. The molecule has 2 rings (SSSR count). The van der Waals surface area contributed by atoms with Crippen LogP contribution in [0, 0.1) is 0 Å². The second-order valence-corrected chi connectivity index (χ2v) is 8.01. The van der Waals surface area contributed by atoms with Crippen LogP contribution < -0.4 is 20.9 Å². The van der Waals surface area contributed by atoms with Crippen LogP contribution in [0.2, 0.25) is 0 Å². The Morgan fingerprint density at radius 1 is 1.07 bits per heavy atom. The summed E-state index contributed by atoms with van der Waals surface area (Å²) in [5, 5.41) is 10.7. The third-order valence-corrected chi connectivity index (χ3v) is 5.13. The van der Waals surface area contributed by atoms with Crippen molar-refractivity contribution >= 4 is 23.3 Å². The normalized spacial score (nSPS) is 12.1. The molecule has 146 valence electrons. The average Bonchev–Trinajstić information content (AvgIpc) is 3.14. The number of benzene rings is 1. The fourth-order valence-electron chi connectivity index (χ4n) is 2.65. The maximum absolute atomic E-state index is 12.4. The molecule has 1 heterocycles. The highest BCUT2D eigenvalue weighted by Gasteiger charge is 2.20. The van der Waals surface area contributed by atoms with Gasteiger partial charge in [0, 0.05) is 18.2 Å². The molecule has 7 heteroatoms. The van der Waals surface area contributed by atoms with Crippen molar-refractivity contribution in [2.45, 2.75) is 32.5 Å². The second kappa shape index (κ2) is 10.1. The number of hydrogen-bond acceptors (Lipinski definition) is 3. The summed E-state index contributed by atoms with van der Waals surface area (Å²) in [5.41, 5.74) is 1.56. The zero-order chi connectivity index (χ0) is 19.8. The Morgan fingerprint density at radius 2 is 1.78 bits per heavy atom. The highest BCUT2D eigenvalue weighted by molar-refractivity contribution is 7.10. The predicted octanol–water partition coefficient (Wildman–Crippen LogP) is 1.57. The van der Waals surface area contributed by atoms with Gasteiger partial charge in [-0.1, -0.05) is 18.2 Å². The first kappa shape index (κ1) is 20.9. The number of amides is 3. The Kier molecular flexibility index (Phi) is 7.82. The molecule has 0 saturated heterocycles. The largest absolute Gasteiger partial charge is 0.346 e. The minimum absolute atomic E-state index is 0.0881. The lowest BCUT2D eigenvalue weighted by molar-refractivity contribution is -0.890. The molecule has 27 heavy (non-hydrogen) atoms. The molecule has 0 saturated carbocycles. The van der Waals surface area contributed by atoms with Gasteiger partial charge in [-0.15, -0.1) is 11.3 Å². The van der Waals surface area contributed by atoms with E-state index in [2.05, 4.69) is 41.5 Å². The second-order valence-electron chi connectivity index (χ2n) is 7.03. The number of urea groups is 1. The van der Waals surface area contributed by atoms with Gasteiger partial charge in [0.2, 0.25) is 0 Å². The van der Waals surface area contributed by atoms with Crippen LogP contribution in [0.15, 0.2) is 41.8 Å². The summed E-state index contributed by atoms with van der Waals surface area (Å²) < 4.78 is 0. The summed E-state index contributed by atoms with van der Waals surface area (Å²) in [5.74, 6) is -0.0881. The Morgan fingerprint density at radius 3 is 2.33 bits per heavy atom. The molecule has 0 bridgehead atoms. The number of likely N-dealkylation sites (N-methyl/N-ethyl adjacent to an activating group) is 1. The van der Waals surface area contributed by atoms with Gasteiger partial charge >= 0.3 is 6.03 Å². The molecule has 3 amide bonds. The summed E-state index contributed by atoms with van der Waals surface area (Å²) in [6, 6.07) is 11.6. The summed E-state index contributed by atoms with van der Waals surface area (Å²) >= 11 is 1.71. The van der Waals surface area contributed by atoms with E-state index in [4.69, 9.17) is 0 Å². The molecule has 0 fully saturated rings. The highest BCUT2D eigenvalue weighted by atomic mass is 32.1. The topological polar surface area (TPSA) is 74.7 Å². The Bertz CT molecular complexity index is 727. The molecule has 1 aromatic heterocycles. The zero-order valence-electron chi connectivity index (χ0n) is 16.3. The van der Waals surface area contributed by atoms with E-state index in [1.54, 1.807) is 23.5 Å². The molecule has 2 aromatic rings. The smallest absolute Gasteiger partial charge is 0.315 e. The summed E-state index contributed by atoms with van der Waals surface area (Å²) in [6.45, 7) is 4.83. The van der Waals surface area contributed by atoms with Gasteiger partial charge in [-0.05, 0) is 43.0 Å². The molecule has 0 radical (unpaired) electrons. The summed E-state index contributed by atoms with van der Waals surface area (Å²) in [6.07, 6.45) is 0. The standard InChI is InChI=1S/C20H28N4O2S/c1-14(2)23-20(26)22-12-15-7-9-16(10-8-15)19(25)21-13-17(24(3)4)18-6-5-11-27-18/h5-11,14,17H,12-13H2,1-4H3,(H,21,25)(H2,22,23,26)/p+1/t17-/m0/s1. The van der Waals surface area contributed by atoms with E-state index in [1.165, 1.54) is 9.78 Å². The number of carbonyl (C=O) groups is 2. The minimum Gasteiger partial charge on any atom is -0.346 e. The molecular weight excluding hydrogens is 360 g/mol. The van der Waals surface area contributed by atoms with E-state index in [0.29, 0.717) is 18.7 Å². The highest BCUT2D eigenvalue weighted by Crippen LogP contribution is 2.15. The average molecular weight is 390 g/mol. The van der Waals surface area contributed by atoms with E-state index in [0.717, 1.165) is 5.56 Å². The Labute approximate surface area is 165 Å². The van der Waals surface area contributed by atoms with Gasteiger partial charge in [-0.2, -0.15) is 0 Å². The van der Waals surface area contributed by atoms with Crippen LogP contribution in [0.3, 0.4) is 0 Å². The van der Waals surface area contributed by atoms with E-state index in [-0.39, 0.29) is 24.0 Å². The third kappa shape index (κ3) is 6.69. The van der Waals surface area contributed by atoms with Crippen molar-refractivity contribution < 1.29 is 14.5 Å². The van der Waals surface area contributed by atoms with Crippen LogP contribution in [-0.2, 0) is 6.54 Å². The van der Waals surface area contributed by atoms with Crippen LogP contribution >= 0.6 is 11.3 Å². The minimum atomic E-state index is -0.197. The fourth-order valence-corrected chi connectivity index (χ4v) is 3.60. The number of quaternary nitrogens is 1. The van der Waals surface area contributed by atoms with Gasteiger partial charge in [-0.25, -0.2) is 4.79 Å². The van der Waals surface area contributed by atoms with Crippen molar-refractivity contribution in [2.75, 3.05) is 20.6 Å². The lowest BCUT2D eigenvalue weighted by Crippen LogP contribution is -3.06. The number of hydrogen-bond donors (Lipinski definition) is 4. The monoisotopic (exact) mass is 389 g/mol. The van der Waals surface area contributed by atoms with Crippen molar-refractivity contribution in [2.24, 2.45) is 0 Å². The van der Waals surface area contributed by atoms with Crippen molar-refractivity contribution in [3.63, 3.8) is 0 Å². The van der Waals surface area contributed by atoms with E-state index >= 15 is 0 Å². The molecule has 1 aromatic carbocycles. The predicted molar refractivity (Wildman–Crippen MR) is 109 cm³/mol. The van der Waals surface area contributed by atoms with Crippen molar-refractivity contribution in [3.8, 4) is 0 Å². The zero-order valence-corrected chi connectivity index (χ0v) is 17.2. The molecule has 1 atom stereocenters. The van der Waals surface area contributed by atoms with Gasteiger partial charge in [0.05, 0.1) is 25.5 Å². The van der Waals surface area contributed by atoms with E-state index < -0.39 is 0 Å². The summed E-state index contributed by atoms with van der Waals surface area (Å²) in [7, 11) is 4.18. The lowest BCUT2D eigenvalue weighted by atomic mass is 10.1. The van der Waals surface area contributed by atoms with E-state index in [1.807, 2.05) is 32.0 Å². The van der Waals surface area contributed by atoms with Crippen molar-refractivity contribution in [1.82, 2.24) is 16.0 Å². The molecule has 0 aliphatic heterocycles. The van der Waals surface area contributed by atoms with Gasteiger partial charge < -0.3 is 20.9 Å². The van der Waals surface area contributed by atoms with Crippen LogP contribution in [-0.4, -0.2) is 38.6 Å². The molecular formula is C20H29N4O2S+. The molecule has 0 aliphatic carbocycles. The first-order chi connectivity index (χ1) is 12.9. The number of nitrogens with one attached hydrogen (secondary N) is 4. The molecule has 6 nitrogen and oxygen atoms in total. The first-order valence-corrected chi connectivity index (χ1v) is 9.99. The molecule has 0 aliphatic rings. The van der Waals surface area contributed by atoms with Gasteiger partial charge in [0.25, 0.3) is 5.91 Å². The van der Waals surface area contributed by atoms with Gasteiger partial charge in [0.15, 0.2) is 0 Å². The molecule has 0 unspecified atom stereocenters. The first-order valence-electron chi connectivity index (χ1n) is 9.11. The maximum atomic E-state index is 12.4. The van der Waals surface area contributed by atoms with E-state index in [9.17, 15) is 9.59 Å². The van der Waals surface area contributed by atoms with Crippen LogP contribution in [0.1, 0.15) is 40.7 Å². The van der Waals surface area contributed by atoms with Crippen LogP contribution in [0.4, 0.5) is 4.79 Å². The van der Waals surface area contributed by atoms with Crippen LogP contribution in [0.25, 0.3) is 0 Å². The lowest BCUT2D eigenvalue weighted by Gasteiger charge is -2.20. The van der Waals surface area contributed by atoms with Gasteiger partial charge in [-0.3, -0.25) is 4.79 Å². The number of thiophene rings is 1. The van der Waals surface area contributed by atoms with Crippen molar-refractivity contribution in [3.05, 3.63) is 57.8 Å². The SMILES string of the molecule is CC(C)NC(=O)NCc1ccc(C(=O)NC[C@@H](c2cccs2)[NH+](C)C)cc1. The Hall–Kier alpha value is -2.38. The van der Waals surface area contributed by atoms with Gasteiger partial charge in [0.1, 0.15) is 6.04 Å². The molecule has 4 N–H and O–H groups in total. The number of carbonyl (C=O) groups excluding carboxylic acids is 2. The van der Waals surface area contributed by atoms with Crippen molar-refractivity contribution in [1.29, 1.82) is 0 Å². The van der Waals surface area contributed by atoms with Crippen LogP contribution in [0.5, 0.6) is 0 Å². The quantitative estimate of drug-likeness (QED) is 0.553. The maximum Gasteiger partial charge on any atom is 0.315 e. The molecule has 0 spiro atoms. The number of rotatable bonds is 8. The summed E-state index contributed by atoms with van der Waals surface area (Å²) in [4.78, 5) is 26.6.